The van der Waals surface area contributed by atoms with Crippen LogP contribution in [0.25, 0.3) is 0 Å². The van der Waals surface area contributed by atoms with Crippen LogP contribution in [0, 0.1) is 5.92 Å². The van der Waals surface area contributed by atoms with Gasteiger partial charge in [-0.2, -0.15) is 4.37 Å². The van der Waals surface area contributed by atoms with Crippen molar-refractivity contribution >= 4 is 16.7 Å². The number of nitrogens with two attached hydrogens (primary N) is 1. The zero-order valence-electron chi connectivity index (χ0n) is 11.6. The molecule has 0 bridgehead atoms. The molecule has 18 heavy (non-hydrogen) atoms. The zero-order valence-corrected chi connectivity index (χ0v) is 12.4. The minimum absolute atomic E-state index is 0.405. The lowest BCUT2D eigenvalue weighted by Crippen LogP contribution is -2.40. The molecule has 2 rings (SSSR count). The summed E-state index contributed by atoms with van der Waals surface area (Å²) >= 11 is 1.53. The van der Waals surface area contributed by atoms with Gasteiger partial charge < -0.3 is 10.6 Å². The summed E-state index contributed by atoms with van der Waals surface area (Å²) in [4.78, 5) is 7.10. The lowest BCUT2D eigenvalue weighted by atomic mass is 10.0. The Kier molecular flexibility index (Phi) is 4.56. The summed E-state index contributed by atoms with van der Waals surface area (Å²) in [6, 6.07) is 0.563. The first kappa shape index (κ1) is 13.7. The van der Waals surface area contributed by atoms with Crippen molar-refractivity contribution in [3.05, 3.63) is 5.82 Å². The van der Waals surface area contributed by atoms with Gasteiger partial charge in [0.2, 0.25) is 5.13 Å². The topological polar surface area (TPSA) is 55.0 Å². The molecular formula is C13H24N4S. The average Bonchev–Trinajstić information content (AvgIpc) is 2.98. The van der Waals surface area contributed by atoms with Crippen LogP contribution >= 0.6 is 11.5 Å². The molecule has 0 amide bonds. The molecule has 0 radical (unpaired) electrons. The maximum absolute atomic E-state index is 5.89. The van der Waals surface area contributed by atoms with Crippen molar-refractivity contribution in [3.8, 4) is 0 Å². The van der Waals surface area contributed by atoms with Gasteiger partial charge in [0, 0.05) is 30.0 Å². The van der Waals surface area contributed by atoms with Gasteiger partial charge in [-0.1, -0.05) is 20.3 Å². The Morgan fingerprint density at radius 3 is 2.78 bits per heavy atom. The Morgan fingerprint density at radius 1 is 1.44 bits per heavy atom. The number of rotatable bonds is 5. The first-order valence-electron chi connectivity index (χ1n) is 6.97. The molecule has 2 atom stereocenters. The molecule has 1 heterocycles. The molecular weight excluding hydrogens is 244 g/mol. The summed E-state index contributed by atoms with van der Waals surface area (Å²) in [5.41, 5.74) is 5.89. The van der Waals surface area contributed by atoms with E-state index in [2.05, 4.69) is 35.0 Å². The monoisotopic (exact) mass is 268 g/mol. The molecule has 102 valence electrons. The fraction of sp³-hybridized carbons (Fsp3) is 0.846. The zero-order chi connectivity index (χ0) is 13.1. The molecule has 1 aromatic heterocycles. The number of anilines is 1. The third kappa shape index (κ3) is 2.67. The highest BCUT2D eigenvalue weighted by atomic mass is 32.1. The Balaban J connectivity index is 2.16. The van der Waals surface area contributed by atoms with Crippen LogP contribution < -0.4 is 10.6 Å². The number of hydrogen-bond donors (Lipinski definition) is 1. The highest BCUT2D eigenvalue weighted by molar-refractivity contribution is 7.09. The largest absolute Gasteiger partial charge is 0.344 e. The molecule has 1 aliphatic carbocycles. The van der Waals surface area contributed by atoms with E-state index >= 15 is 0 Å². The van der Waals surface area contributed by atoms with Crippen molar-refractivity contribution in [2.45, 2.75) is 52.0 Å². The molecule has 0 aliphatic heterocycles. The summed E-state index contributed by atoms with van der Waals surface area (Å²) in [5, 5.41) is 1.08. The second-order valence-corrected chi connectivity index (χ2v) is 6.10. The van der Waals surface area contributed by atoms with Crippen LogP contribution in [0.15, 0.2) is 0 Å². The first-order chi connectivity index (χ1) is 8.67. The first-order valence-corrected chi connectivity index (χ1v) is 7.75. The molecule has 1 aliphatic rings. The van der Waals surface area contributed by atoms with Crippen molar-refractivity contribution in [1.82, 2.24) is 9.36 Å². The number of nitrogens with zero attached hydrogens (tertiary/aromatic N) is 3. The Labute approximate surface area is 114 Å². The van der Waals surface area contributed by atoms with Crippen LogP contribution in [0.3, 0.4) is 0 Å². The van der Waals surface area contributed by atoms with Gasteiger partial charge in [-0.05, 0) is 32.2 Å². The van der Waals surface area contributed by atoms with E-state index in [1.54, 1.807) is 0 Å². The van der Waals surface area contributed by atoms with Crippen LogP contribution in [0.5, 0.6) is 0 Å². The molecule has 1 saturated carbocycles. The van der Waals surface area contributed by atoms with Crippen molar-refractivity contribution < 1.29 is 0 Å². The smallest absolute Gasteiger partial charge is 0.205 e. The second kappa shape index (κ2) is 5.97. The van der Waals surface area contributed by atoms with Crippen LogP contribution in [0.2, 0.25) is 0 Å². The molecule has 0 aromatic carbocycles. The molecule has 4 nitrogen and oxygen atoms in total. The molecule has 2 unspecified atom stereocenters. The SMILES string of the molecule is CCN(c1nc(C(C)C)ns1)C1CCCC1CN. The maximum atomic E-state index is 5.89. The Bertz CT molecular complexity index is 377. The van der Waals surface area contributed by atoms with E-state index in [0.29, 0.717) is 17.9 Å². The van der Waals surface area contributed by atoms with Gasteiger partial charge in [0.15, 0.2) is 0 Å². The minimum atomic E-state index is 0.405. The second-order valence-electron chi connectivity index (χ2n) is 5.37. The molecule has 1 fully saturated rings. The van der Waals surface area contributed by atoms with Gasteiger partial charge in [-0.3, -0.25) is 0 Å². The minimum Gasteiger partial charge on any atom is -0.344 e. The Hall–Kier alpha value is -0.680. The summed E-state index contributed by atoms with van der Waals surface area (Å²) in [5.74, 6) is 2.00. The lowest BCUT2D eigenvalue weighted by molar-refractivity contribution is 0.461. The molecule has 5 heteroatoms. The fourth-order valence-electron chi connectivity index (χ4n) is 2.79. The standard InChI is InChI=1S/C13H24N4S/c1-4-17(11-7-5-6-10(11)8-14)13-15-12(9(2)3)16-18-13/h9-11H,4-8,14H2,1-3H3. The normalized spacial score (nSPS) is 23.8. The maximum Gasteiger partial charge on any atom is 0.205 e. The van der Waals surface area contributed by atoms with Gasteiger partial charge in [0.25, 0.3) is 0 Å². The molecule has 0 spiro atoms. The molecule has 2 N–H and O–H groups in total. The molecule has 0 saturated heterocycles. The average molecular weight is 268 g/mol. The summed E-state index contributed by atoms with van der Waals surface area (Å²) in [7, 11) is 0. The van der Waals surface area contributed by atoms with Crippen molar-refractivity contribution in [3.63, 3.8) is 0 Å². The predicted octanol–water partition coefficient (Wildman–Crippen LogP) is 2.62. The van der Waals surface area contributed by atoms with Gasteiger partial charge in [0.05, 0.1) is 0 Å². The van der Waals surface area contributed by atoms with E-state index in [1.807, 2.05) is 0 Å². The van der Waals surface area contributed by atoms with E-state index < -0.39 is 0 Å². The Morgan fingerprint density at radius 2 is 2.22 bits per heavy atom. The van der Waals surface area contributed by atoms with Gasteiger partial charge in [-0.15, -0.1) is 0 Å². The third-order valence-electron chi connectivity index (χ3n) is 3.86. The van der Waals surface area contributed by atoms with E-state index in [-0.39, 0.29) is 0 Å². The van der Waals surface area contributed by atoms with E-state index in [0.717, 1.165) is 24.0 Å². The van der Waals surface area contributed by atoms with Gasteiger partial charge in [0.1, 0.15) is 5.82 Å². The fourth-order valence-corrected chi connectivity index (χ4v) is 3.72. The summed E-state index contributed by atoms with van der Waals surface area (Å²) < 4.78 is 4.46. The van der Waals surface area contributed by atoms with E-state index in [1.165, 1.54) is 30.8 Å². The van der Waals surface area contributed by atoms with E-state index in [4.69, 9.17) is 5.73 Å². The molecule has 1 aromatic rings. The van der Waals surface area contributed by atoms with E-state index in [9.17, 15) is 0 Å². The quantitative estimate of drug-likeness (QED) is 0.892. The van der Waals surface area contributed by atoms with Crippen molar-refractivity contribution in [2.24, 2.45) is 11.7 Å². The van der Waals surface area contributed by atoms with Gasteiger partial charge in [-0.25, -0.2) is 4.98 Å². The highest BCUT2D eigenvalue weighted by Gasteiger charge is 2.32. The van der Waals surface area contributed by atoms with Gasteiger partial charge >= 0.3 is 0 Å². The van der Waals surface area contributed by atoms with Crippen molar-refractivity contribution in [1.29, 1.82) is 0 Å². The van der Waals surface area contributed by atoms with Crippen LogP contribution in [-0.2, 0) is 0 Å². The van der Waals surface area contributed by atoms with Crippen LogP contribution in [0.1, 0.15) is 51.8 Å². The number of hydrogen-bond acceptors (Lipinski definition) is 5. The van der Waals surface area contributed by atoms with Crippen molar-refractivity contribution in [2.75, 3.05) is 18.0 Å². The highest BCUT2D eigenvalue weighted by Crippen LogP contribution is 2.33. The third-order valence-corrected chi connectivity index (χ3v) is 4.62. The predicted molar refractivity (Wildman–Crippen MR) is 77.2 cm³/mol. The van der Waals surface area contributed by atoms with Crippen LogP contribution in [0.4, 0.5) is 5.13 Å². The summed E-state index contributed by atoms with van der Waals surface area (Å²) in [6.07, 6.45) is 3.79. The lowest BCUT2D eigenvalue weighted by Gasteiger charge is -2.31. The number of aromatic nitrogens is 2. The van der Waals surface area contributed by atoms with Crippen LogP contribution in [-0.4, -0.2) is 28.5 Å². The summed E-state index contributed by atoms with van der Waals surface area (Å²) in [6.45, 7) is 8.26.